The van der Waals surface area contributed by atoms with E-state index in [4.69, 9.17) is 0 Å². The van der Waals surface area contributed by atoms with Crippen molar-refractivity contribution in [3.63, 3.8) is 0 Å². The van der Waals surface area contributed by atoms with Gasteiger partial charge in [-0.2, -0.15) is 15.3 Å². The Balaban J connectivity index is 2.10. The van der Waals surface area contributed by atoms with Crippen LogP contribution in [0.2, 0.25) is 0 Å². The van der Waals surface area contributed by atoms with Gasteiger partial charge in [0.2, 0.25) is 0 Å². The van der Waals surface area contributed by atoms with Gasteiger partial charge in [0.1, 0.15) is 0 Å². The smallest absolute Gasteiger partial charge is 0.0676 e. The Hall–Kier alpha value is -1.71. The van der Waals surface area contributed by atoms with E-state index in [2.05, 4.69) is 27.3 Å². The molecule has 0 aliphatic heterocycles. The summed E-state index contributed by atoms with van der Waals surface area (Å²) in [5.74, 6) is 0. The van der Waals surface area contributed by atoms with Crippen LogP contribution >= 0.6 is 0 Å². The Bertz CT molecular complexity index is 377. The predicted octanol–water partition coefficient (Wildman–Crippen LogP) is 1.35. The summed E-state index contributed by atoms with van der Waals surface area (Å²) < 4.78 is 0. The molecule has 0 aliphatic carbocycles. The summed E-state index contributed by atoms with van der Waals surface area (Å²) >= 11 is 0. The molecule has 2 aromatic rings. The van der Waals surface area contributed by atoms with E-state index in [1.54, 1.807) is 6.20 Å². The van der Waals surface area contributed by atoms with Crippen molar-refractivity contribution in [2.24, 2.45) is 0 Å². The van der Waals surface area contributed by atoms with Gasteiger partial charge in [-0.05, 0) is 24.1 Å². The topological polar surface area (TPSA) is 54.5 Å². The van der Waals surface area contributed by atoms with Crippen LogP contribution in [0.25, 0.3) is 0 Å². The lowest BCUT2D eigenvalue weighted by Crippen LogP contribution is -1.96. The van der Waals surface area contributed by atoms with Gasteiger partial charge in [-0.3, -0.25) is 5.10 Å². The maximum absolute atomic E-state index is 4.13. The van der Waals surface area contributed by atoms with E-state index in [1.807, 2.05) is 18.3 Å². The molecular weight excluding hydrogens is 176 g/mol. The van der Waals surface area contributed by atoms with E-state index in [9.17, 15) is 0 Å². The van der Waals surface area contributed by atoms with Gasteiger partial charge in [0, 0.05) is 12.6 Å². The molecule has 0 saturated carbocycles. The molecule has 0 aliphatic rings. The van der Waals surface area contributed by atoms with Gasteiger partial charge in [0.05, 0.1) is 17.6 Å². The predicted molar refractivity (Wildman–Crippen MR) is 52.8 cm³/mol. The van der Waals surface area contributed by atoms with Crippen LogP contribution in [0.5, 0.6) is 0 Å². The summed E-state index contributed by atoms with van der Waals surface area (Å²) in [6.07, 6.45) is 5.39. The molecular formula is C10H12N4. The van der Waals surface area contributed by atoms with Gasteiger partial charge in [-0.1, -0.05) is 6.92 Å². The maximum atomic E-state index is 4.13. The summed E-state index contributed by atoms with van der Waals surface area (Å²) in [4.78, 5) is 0. The van der Waals surface area contributed by atoms with Crippen LogP contribution in [0.4, 0.5) is 0 Å². The molecule has 0 fully saturated rings. The maximum Gasteiger partial charge on any atom is 0.0676 e. The molecule has 2 rings (SSSR count). The molecule has 2 heterocycles. The van der Waals surface area contributed by atoms with Crippen molar-refractivity contribution in [3.05, 3.63) is 41.5 Å². The lowest BCUT2D eigenvalue weighted by Gasteiger charge is -1.97. The molecule has 0 unspecified atom stereocenters. The van der Waals surface area contributed by atoms with Crippen molar-refractivity contribution >= 4 is 0 Å². The molecule has 4 heteroatoms. The fourth-order valence-corrected chi connectivity index (χ4v) is 1.25. The highest BCUT2D eigenvalue weighted by atomic mass is 15.1. The highest BCUT2D eigenvalue weighted by Gasteiger charge is 1.99. The van der Waals surface area contributed by atoms with Crippen molar-refractivity contribution in [2.45, 2.75) is 19.8 Å². The first kappa shape index (κ1) is 8.87. The van der Waals surface area contributed by atoms with E-state index < -0.39 is 0 Å². The highest BCUT2D eigenvalue weighted by molar-refractivity contribution is 5.15. The molecule has 14 heavy (non-hydrogen) atoms. The van der Waals surface area contributed by atoms with Crippen LogP contribution in [-0.4, -0.2) is 20.4 Å². The average Bonchev–Trinajstić information content (AvgIpc) is 2.72. The molecule has 2 aromatic heterocycles. The Morgan fingerprint density at radius 1 is 1.21 bits per heavy atom. The van der Waals surface area contributed by atoms with Crippen molar-refractivity contribution in [1.29, 1.82) is 0 Å². The molecule has 72 valence electrons. The summed E-state index contributed by atoms with van der Waals surface area (Å²) in [7, 11) is 0. The third-order valence-corrected chi connectivity index (χ3v) is 2.08. The van der Waals surface area contributed by atoms with E-state index in [-0.39, 0.29) is 0 Å². The first-order valence-electron chi connectivity index (χ1n) is 4.67. The van der Waals surface area contributed by atoms with Crippen LogP contribution in [0.3, 0.4) is 0 Å². The molecule has 0 aromatic carbocycles. The van der Waals surface area contributed by atoms with Gasteiger partial charge in [0.25, 0.3) is 0 Å². The second kappa shape index (κ2) is 4.00. The fraction of sp³-hybridized carbons (Fsp3) is 0.300. The van der Waals surface area contributed by atoms with Crippen LogP contribution in [0.15, 0.2) is 24.5 Å². The van der Waals surface area contributed by atoms with Gasteiger partial charge >= 0.3 is 0 Å². The monoisotopic (exact) mass is 188 g/mol. The minimum atomic E-state index is 0.785. The number of hydrogen-bond donors (Lipinski definition) is 1. The zero-order valence-electron chi connectivity index (χ0n) is 8.07. The normalized spacial score (nSPS) is 10.4. The fourth-order valence-electron chi connectivity index (χ4n) is 1.25. The van der Waals surface area contributed by atoms with E-state index in [0.717, 1.165) is 29.8 Å². The minimum absolute atomic E-state index is 0.785. The number of nitrogens with zero attached hydrogens (tertiary/aromatic N) is 3. The number of rotatable bonds is 3. The third-order valence-electron chi connectivity index (χ3n) is 2.08. The van der Waals surface area contributed by atoms with Crippen molar-refractivity contribution in [3.8, 4) is 0 Å². The molecule has 1 N–H and O–H groups in total. The number of nitrogens with one attached hydrogen (secondary N) is 1. The summed E-state index contributed by atoms with van der Waals surface area (Å²) in [6, 6.07) is 4.03. The number of aryl methyl sites for hydroxylation is 1. The average molecular weight is 188 g/mol. The molecule has 0 bridgehead atoms. The zero-order valence-corrected chi connectivity index (χ0v) is 8.07. The Morgan fingerprint density at radius 2 is 2.00 bits per heavy atom. The lowest BCUT2D eigenvalue weighted by molar-refractivity contribution is 0.871. The van der Waals surface area contributed by atoms with E-state index in [0.29, 0.717) is 0 Å². The lowest BCUT2D eigenvalue weighted by atomic mass is 10.2. The highest BCUT2D eigenvalue weighted by Crippen LogP contribution is 2.04. The molecule has 0 saturated heterocycles. The van der Waals surface area contributed by atoms with Crippen LogP contribution < -0.4 is 0 Å². The molecule has 4 nitrogen and oxygen atoms in total. The standard InChI is InChI=1S/C10H12N4/c1-2-9-3-4-10(14-13-9)5-8-6-11-12-7-8/h3-4,6-7H,2,5H2,1H3,(H,11,12). The first-order valence-corrected chi connectivity index (χ1v) is 4.67. The van der Waals surface area contributed by atoms with Crippen LogP contribution in [0, 0.1) is 0 Å². The second-order valence-corrected chi connectivity index (χ2v) is 3.15. The summed E-state index contributed by atoms with van der Waals surface area (Å²) in [5.41, 5.74) is 3.13. The zero-order chi connectivity index (χ0) is 9.80. The largest absolute Gasteiger partial charge is 0.285 e. The molecule has 0 spiro atoms. The molecule has 0 atom stereocenters. The van der Waals surface area contributed by atoms with Crippen LogP contribution in [0.1, 0.15) is 23.9 Å². The minimum Gasteiger partial charge on any atom is -0.285 e. The Morgan fingerprint density at radius 3 is 2.57 bits per heavy atom. The van der Waals surface area contributed by atoms with E-state index >= 15 is 0 Å². The Kier molecular flexibility index (Phi) is 2.53. The number of aromatic nitrogens is 4. The van der Waals surface area contributed by atoms with Gasteiger partial charge < -0.3 is 0 Å². The molecule has 0 radical (unpaired) electrons. The van der Waals surface area contributed by atoms with Gasteiger partial charge in [-0.15, -0.1) is 0 Å². The Labute approximate surface area is 82.4 Å². The number of H-pyrrole nitrogens is 1. The molecule has 0 amide bonds. The van der Waals surface area contributed by atoms with Crippen molar-refractivity contribution in [1.82, 2.24) is 20.4 Å². The van der Waals surface area contributed by atoms with Gasteiger partial charge in [0.15, 0.2) is 0 Å². The van der Waals surface area contributed by atoms with Crippen LogP contribution in [-0.2, 0) is 12.8 Å². The van der Waals surface area contributed by atoms with E-state index in [1.165, 1.54) is 0 Å². The number of aromatic amines is 1. The SMILES string of the molecule is CCc1ccc(Cc2cn[nH]c2)nn1. The second-order valence-electron chi connectivity index (χ2n) is 3.15. The summed E-state index contributed by atoms with van der Waals surface area (Å²) in [5, 5.41) is 14.9. The first-order chi connectivity index (χ1) is 6.88. The van der Waals surface area contributed by atoms with Gasteiger partial charge in [-0.25, -0.2) is 0 Å². The number of hydrogen-bond acceptors (Lipinski definition) is 3. The third kappa shape index (κ3) is 1.96. The van der Waals surface area contributed by atoms with Crippen molar-refractivity contribution < 1.29 is 0 Å². The quantitative estimate of drug-likeness (QED) is 0.791. The van der Waals surface area contributed by atoms with Crippen molar-refractivity contribution in [2.75, 3.05) is 0 Å². The summed E-state index contributed by atoms with van der Waals surface area (Å²) in [6.45, 7) is 2.07.